The maximum absolute atomic E-state index is 5.04. The topological polar surface area (TPSA) is 24.5 Å². The van der Waals surface area contributed by atoms with Crippen molar-refractivity contribution in [1.29, 1.82) is 0 Å². The molecule has 1 N–H and O–H groups in total. The van der Waals surface area contributed by atoms with Crippen molar-refractivity contribution in [3.63, 3.8) is 0 Å². The van der Waals surface area contributed by atoms with Crippen LogP contribution in [0.3, 0.4) is 0 Å². The number of likely N-dealkylation sites (tertiary alicyclic amines) is 1. The molecule has 1 heterocycles. The SMILES string of the molecule is COCCCNCC(C)N1CCC(C)C(C)C1. The molecule has 0 bridgehead atoms. The molecule has 1 aliphatic rings. The van der Waals surface area contributed by atoms with Crippen molar-refractivity contribution in [2.24, 2.45) is 11.8 Å². The molecule has 0 spiro atoms. The van der Waals surface area contributed by atoms with Crippen molar-refractivity contribution in [1.82, 2.24) is 10.2 Å². The first-order chi connectivity index (χ1) is 8.15. The van der Waals surface area contributed by atoms with E-state index in [4.69, 9.17) is 4.74 Å². The third-order valence-electron chi connectivity index (χ3n) is 4.13. The summed E-state index contributed by atoms with van der Waals surface area (Å²) in [6, 6.07) is 0.660. The number of ether oxygens (including phenoxy) is 1. The number of methoxy groups -OCH3 is 1. The summed E-state index contributed by atoms with van der Waals surface area (Å²) in [5.74, 6) is 1.74. The maximum atomic E-state index is 5.04. The van der Waals surface area contributed by atoms with E-state index in [0.717, 1.165) is 38.0 Å². The van der Waals surface area contributed by atoms with E-state index in [1.807, 2.05) is 0 Å². The fourth-order valence-electron chi connectivity index (χ4n) is 2.48. The fraction of sp³-hybridized carbons (Fsp3) is 1.00. The monoisotopic (exact) mass is 242 g/mol. The van der Waals surface area contributed by atoms with E-state index in [1.54, 1.807) is 7.11 Å². The lowest BCUT2D eigenvalue weighted by Crippen LogP contribution is -2.47. The Labute approximate surface area is 107 Å². The second kappa shape index (κ2) is 8.06. The predicted octanol–water partition coefficient (Wildman–Crippen LogP) is 1.98. The molecule has 0 aromatic rings. The molecule has 1 fully saturated rings. The Bertz CT molecular complexity index is 199. The molecule has 102 valence electrons. The van der Waals surface area contributed by atoms with Crippen LogP contribution in [-0.2, 0) is 4.74 Å². The highest BCUT2D eigenvalue weighted by Crippen LogP contribution is 2.23. The second-order valence-corrected chi connectivity index (χ2v) is 5.64. The lowest BCUT2D eigenvalue weighted by molar-refractivity contribution is 0.101. The Balaban J connectivity index is 2.12. The fourth-order valence-corrected chi connectivity index (χ4v) is 2.48. The summed E-state index contributed by atoms with van der Waals surface area (Å²) in [5.41, 5.74) is 0. The molecule has 3 atom stereocenters. The van der Waals surface area contributed by atoms with Gasteiger partial charge in [0.2, 0.25) is 0 Å². The predicted molar refractivity (Wildman–Crippen MR) is 73.3 cm³/mol. The molecule has 1 saturated heterocycles. The molecule has 0 saturated carbocycles. The summed E-state index contributed by atoms with van der Waals surface area (Å²) in [5, 5.41) is 3.52. The second-order valence-electron chi connectivity index (χ2n) is 5.64. The molecular weight excluding hydrogens is 212 g/mol. The molecular formula is C14H30N2O. The molecule has 3 nitrogen and oxygen atoms in total. The van der Waals surface area contributed by atoms with E-state index < -0.39 is 0 Å². The van der Waals surface area contributed by atoms with Crippen LogP contribution >= 0.6 is 0 Å². The number of hydrogen-bond donors (Lipinski definition) is 1. The third-order valence-corrected chi connectivity index (χ3v) is 4.13. The Morgan fingerprint density at radius 3 is 2.76 bits per heavy atom. The van der Waals surface area contributed by atoms with Crippen molar-refractivity contribution >= 4 is 0 Å². The van der Waals surface area contributed by atoms with Crippen LogP contribution in [0.2, 0.25) is 0 Å². The van der Waals surface area contributed by atoms with Crippen LogP contribution in [0, 0.1) is 11.8 Å². The molecule has 1 rings (SSSR count). The average molecular weight is 242 g/mol. The summed E-state index contributed by atoms with van der Waals surface area (Å²) in [7, 11) is 1.76. The van der Waals surface area contributed by atoms with Gasteiger partial charge in [0.25, 0.3) is 0 Å². The highest BCUT2D eigenvalue weighted by atomic mass is 16.5. The molecule has 0 aromatic carbocycles. The Hall–Kier alpha value is -0.120. The van der Waals surface area contributed by atoms with Crippen molar-refractivity contribution in [3.8, 4) is 0 Å². The minimum Gasteiger partial charge on any atom is -0.385 e. The van der Waals surface area contributed by atoms with Crippen molar-refractivity contribution in [3.05, 3.63) is 0 Å². The third kappa shape index (κ3) is 5.36. The van der Waals surface area contributed by atoms with Gasteiger partial charge in [-0.05, 0) is 44.7 Å². The Kier molecular flexibility index (Phi) is 7.09. The number of hydrogen-bond acceptors (Lipinski definition) is 3. The van der Waals surface area contributed by atoms with Crippen LogP contribution in [0.5, 0.6) is 0 Å². The molecule has 0 aromatic heterocycles. The van der Waals surface area contributed by atoms with E-state index in [9.17, 15) is 0 Å². The van der Waals surface area contributed by atoms with E-state index in [0.29, 0.717) is 6.04 Å². The van der Waals surface area contributed by atoms with Gasteiger partial charge in [-0.15, -0.1) is 0 Å². The van der Waals surface area contributed by atoms with Gasteiger partial charge in [0, 0.05) is 32.8 Å². The zero-order valence-electron chi connectivity index (χ0n) is 12.0. The van der Waals surface area contributed by atoms with Gasteiger partial charge >= 0.3 is 0 Å². The first kappa shape index (κ1) is 14.9. The minimum atomic E-state index is 0.660. The highest BCUT2D eigenvalue weighted by Gasteiger charge is 2.25. The molecule has 0 aliphatic carbocycles. The molecule has 17 heavy (non-hydrogen) atoms. The van der Waals surface area contributed by atoms with Gasteiger partial charge in [-0.2, -0.15) is 0 Å². The average Bonchev–Trinajstić information content (AvgIpc) is 2.32. The van der Waals surface area contributed by atoms with Gasteiger partial charge in [0.15, 0.2) is 0 Å². The number of piperidine rings is 1. The van der Waals surface area contributed by atoms with Gasteiger partial charge in [0.05, 0.1) is 0 Å². The first-order valence-corrected chi connectivity index (χ1v) is 7.08. The summed E-state index contributed by atoms with van der Waals surface area (Å²) in [4.78, 5) is 2.63. The van der Waals surface area contributed by atoms with Crippen LogP contribution in [0.15, 0.2) is 0 Å². The number of nitrogens with zero attached hydrogens (tertiary/aromatic N) is 1. The number of rotatable bonds is 7. The van der Waals surface area contributed by atoms with Crippen molar-refractivity contribution < 1.29 is 4.74 Å². The zero-order valence-corrected chi connectivity index (χ0v) is 12.0. The summed E-state index contributed by atoms with van der Waals surface area (Å²) >= 11 is 0. The standard InChI is InChI=1S/C14H30N2O/c1-12-6-8-16(11-13(12)2)14(3)10-15-7-5-9-17-4/h12-15H,5-11H2,1-4H3. The normalized spacial score (nSPS) is 28.2. The van der Waals surface area contributed by atoms with Crippen LogP contribution in [0.25, 0.3) is 0 Å². The van der Waals surface area contributed by atoms with Crippen LogP contribution in [-0.4, -0.2) is 50.8 Å². The molecule has 3 heteroatoms. The van der Waals surface area contributed by atoms with Gasteiger partial charge < -0.3 is 10.1 Å². The van der Waals surface area contributed by atoms with Crippen LogP contribution in [0.1, 0.15) is 33.6 Å². The molecule has 0 amide bonds. The van der Waals surface area contributed by atoms with Gasteiger partial charge in [-0.1, -0.05) is 13.8 Å². The quantitative estimate of drug-likeness (QED) is 0.691. The summed E-state index contributed by atoms with van der Waals surface area (Å²) in [6.45, 7) is 12.7. The van der Waals surface area contributed by atoms with Gasteiger partial charge in [-0.3, -0.25) is 4.90 Å². The van der Waals surface area contributed by atoms with Gasteiger partial charge in [-0.25, -0.2) is 0 Å². The largest absolute Gasteiger partial charge is 0.385 e. The Morgan fingerprint density at radius 2 is 2.12 bits per heavy atom. The van der Waals surface area contributed by atoms with Crippen molar-refractivity contribution in [2.75, 3.05) is 39.9 Å². The zero-order chi connectivity index (χ0) is 12.7. The van der Waals surface area contributed by atoms with Gasteiger partial charge in [0.1, 0.15) is 0 Å². The summed E-state index contributed by atoms with van der Waals surface area (Å²) in [6.07, 6.45) is 2.46. The van der Waals surface area contributed by atoms with Crippen molar-refractivity contribution in [2.45, 2.75) is 39.7 Å². The van der Waals surface area contributed by atoms with Crippen LogP contribution in [0.4, 0.5) is 0 Å². The van der Waals surface area contributed by atoms with E-state index in [1.165, 1.54) is 19.5 Å². The smallest absolute Gasteiger partial charge is 0.0474 e. The Morgan fingerprint density at radius 1 is 1.35 bits per heavy atom. The maximum Gasteiger partial charge on any atom is 0.0474 e. The summed E-state index contributed by atoms with van der Waals surface area (Å²) < 4.78 is 5.04. The van der Waals surface area contributed by atoms with E-state index in [-0.39, 0.29) is 0 Å². The van der Waals surface area contributed by atoms with Crippen LogP contribution < -0.4 is 5.32 Å². The number of nitrogens with one attached hydrogen (secondary N) is 1. The van der Waals surface area contributed by atoms with E-state index in [2.05, 4.69) is 31.0 Å². The lowest BCUT2D eigenvalue weighted by Gasteiger charge is -2.39. The highest BCUT2D eigenvalue weighted by molar-refractivity contribution is 4.79. The first-order valence-electron chi connectivity index (χ1n) is 7.08. The lowest BCUT2D eigenvalue weighted by atomic mass is 9.88. The molecule has 1 aliphatic heterocycles. The minimum absolute atomic E-state index is 0.660. The van der Waals surface area contributed by atoms with E-state index >= 15 is 0 Å². The molecule has 3 unspecified atom stereocenters. The molecule has 0 radical (unpaired) electrons.